The first kappa shape index (κ1) is 26.6. The summed E-state index contributed by atoms with van der Waals surface area (Å²) in [6, 6.07) is 15.1. The Bertz CT molecular complexity index is 1470. The average Bonchev–Trinajstić information content (AvgIpc) is 3.30. The maximum atomic E-state index is 13.2. The van der Waals surface area contributed by atoms with Crippen molar-refractivity contribution in [3.63, 3.8) is 0 Å². The van der Waals surface area contributed by atoms with Crippen molar-refractivity contribution in [2.45, 2.75) is 20.0 Å². The van der Waals surface area contributed by atoms with E-state index in [1.807, 2.05) is 25.1 Å². The molecule has 0 atom stereocenters. The van der Waals surface area contributed by atoms with Gasteiger partial charge in [-0.15, -0.1) is 6.58 Å². The Labute approximate surface area is 230 Å². The van der Waals surface area contributed by atoms with Gasteiger partial charge in [0.05, 0.1) is 17.3 Å². The van der Waals surface area contributed by atoms with Crippen LogP contribution < -0.4 is 14.9 Å². The first-order valence-electron chi connectivity index (χ1n) is 11.4. The van der Waals surface area contributed by atoms with Crippen molar-refractivity contribution >= 4 is 55.0 Å². The molecule has 37 heavy (non-hydrogen) atoms. The van der Waals surface area contributed by atoms with Gasteiger partial charge in [0.1, 0.15) is 18.0 Å². The number of hydrazone groups is 1. The lowest BCUT2D eigenvalue weighted by Crippen LogP contribution is -2.16. The fourth-order valence-electron chi connectivity index (χ4n) is 3.64. The van der Waals surface area contributed by atoms with Crippen LogP contribution in [0.5, 0.6) is 11.5 Å². The lowest BCUT2D eigenvalue weighted by atomic mass is 10.1. The van der Waals surface area contributed by atoms with Crippen molar-refractivity contribution in [3.05, 3.63) is 104 Å². The van der Waals surface area contributed by atoms with E-state index in [0.29, 0.717) is 35.7 Å². The number of nitrogens with one attached hydrogen (secondary N) is 1. The minimum absolute atomic E-state index is 0.137. The van der Waals surface area contributed by atoms with E-state index in [9.17, 15) is 9.18 Å². The molecular weight excluding hydrogens is 607 g/mol. The maximum absolute atomic E-state index is 13.2. The molecule has 1 heterocycles. The Balaban J connectivity index is 1.53. The third-order valence-corrected chi connectivity index (χ3v) is 6.30. The molecular formula is C28H23Br2FN2O4. The lowest BCUT2D eigenvalue weighted by Gasteiger charge is -2.17. The molecule has 6 nitrogen and oxygen atoms in total. The van der Waals surface area contributed by atoms with Crippen LogP contribution in [0.4, 0.5) is 4.39 Å². The highest BCUT2D eigenvalue weighted by Gasteiger charge is 2.15. The van der Waals surface area contributed by atoms with Gasteiger partial charge in [0.25, 0.3) is 0 Å². The van der Waals surface area contributed by atoms with Crippen LogP contribution in [0, 0.1) is 5.82 Å². The number of allylic oxidation sites excluding steroid dienone is 1. The summed E-state index contributed by atoms with van der Waals surface area (Å²) in [5, 5.41) is 4.88. The second-order valence-electron chi connectivity index (χ2n) is 7.96. The van der Waals surface area contributed by atoms with E-state index in [4.69, 9.17) is 13.9 Å². The fraction of sp³-hybridized carbons (Fsp3) is 0.143. The molecule has 4 rings (SSSR count). The van der Waals surface area contributed by atoms with Gasteiger partial charge >= 0.3 is 5.91 Å². The standard InChI is InChI=1S/C28H23Br2FN2O4/c1-3-5-19-10-18(11-24(35-4-2)27(19)36-16-17-6-8-22(31)9-7-17)15-32-33-28(34)25-13-20-12-21(29)14-23(30)26(20)37-25/h3,6-15H,1,4-5,16H2,2H3,(H,33,34)/b32-15-. The predicted molar refractivity (Wildman–Crippen MR) is 149 cm³/mol. The highest BCUT2D eigenvalue weighted by atomic mass is 79.9. The Hall–Kier alpha value is -3.43. The van der Waals surface area contributed by atoms with Gasteiger partial charge in [0, 0.05) is 15.4 Å². The van der Waals surface area contributed by atoms with E-state index < -0.39 is 5.91 Å². The Morgan fingerprint density at radius 3 is 2.65 bits per heavy atom. The Morgan fingerprint density at radius 2 is 1.92 bits per heavy atom. The molecule has 0 aliphatic heterocycles. The summed E-state index contributed by atoms with van der Waals surface area (Å²) in [6.07, 6.45) is 3.80. The third-order valence-electron chi connectivity index (χ3n) is 5.25. The van der Waals surface area contributed by atoms with Crippen LogP contribution in [-0.2, 0) is 13.0 Å². The number of amides is 1. The average molecular weight is 630 g/mol. The van der Waals surface area contributed by atoms with E-state index in [1.54, 1.807) is 30.3 Å². The van der Waals surface area contributed by atoms with Gasteiger partial charge in [-0.25, -0.2) is 9.82 Å². The first-order valence-corrected chi connectivity index (χ1v) is 13.0. The molecule has 0 aliphatic carbocycles. The van der Waals surface area contributed by atoms with Crippen LogP contribution >= 0.6 is 31.9 Å². The van der Waals surface area contributed by atoms with Gasteiger partial charge in [0.15, 0.2) is 17.3 Å². The molecule has 1 amide bonds. The molecule has 3 aromatic carbocycles. The Morgan fingerprint density at radius 1 is 1.14 bits per heavy atom. The van der Waals surface area contributed by atoms with Gasteiger partial charge in [-0.05, 0) is 82.9 Å². The molecule has 0 fully saturated rings. The zero-order chi connectivity index (χ0) is 26.4. The minimum Gasteiger partial charge on any atom is -0.490 e. The van der Waals surface area contributed by atoms with E-state index in [1.165, 1.54) is 18.3 Å². The number of nitrogens with zero attached hydrogens (tertiary/aromatic N) is 1. The van der Waals surface area contributed by atoms with E-state index in [-0.39, 0.29) is 18.2 Å². The number of halogens is 3. The van der Waals surface area contributed by atoms with Gasteiger partial charge in [-0.1, -0.05) is 34.1 Å². The van der Waals surface area contributed by atoms with Crippen LogP contribution in [0.15, 0.2) is 85.7 Å². The summed E-state index contributed by atoms with van der Waals surface area (Å²) in [6.45, 7) is 6.38. The number of hydrogen-bond acceptors (Lipinski definition) is 5. The van der Waals surface area contributed by atoms with Crippen LogP contribution in [0.3, 0.4) is 0 Å². The Kier molecular flexibility index (Phi) is 8.78. The van der Waals surface area contributed by atoms with Gasteiger partial charge < -0.3 is 13.9 Å². The quantitative estimate of drug-likeness (QED) is 0.112. The molecule has 4 aromatic rings. The zero-order valence-corrected chi connectivity index (χ0v) is 23.1. The number of furan rings is 1. The van der Waals surface area contributed by atoms with Gasteiger partial charge in [-0.2, -0.15) is 5.10 Å². The van der Waals surface area contributed by atoms with Crippen molar-refractivity contribution in [1.29, 1.82) is 0 Å². The number of hydrogen-bond donors (Lipinski definition) is 1. The topological polar surface area (TPSA) is 73.1 Å². The SMILES string of the molecule is C=CCc1cc(/C=N\NC(=O)c2cc3cc(Br)cc(Br)c3o2)cc(OCC)c1OCc1ccc(F)cc1. The van der Waals surface area contributed by atoms with Crippen LogP contribution in [0.2, 0.25) is 0 Å². The molecule has 1 N–H and O–H groups in total. The normalized spacial score (nSPS) is 11.1. The molecule has 0 bridgehead atoms. The third kappa shape index (κ3) is 6.67. The molecule has 0 radical (unpaired) electrons. The number of rotatable bonds is 10. The second kappa shape index (κ2) is 12.2. The second-order valence-corrected chi connectivity index (χ2v) is 9.73. The predicted octanol–water partition coefficient (Wildman–Crippen LogP) is 7.57. The molecule has 0 saturated carbocycles. The smallest absolute Gasteiger partial charge is 0.307 e. The number of fused-ring (bicyclic) bond motifs is 1. The monoisotopic (exact) mass is 628 g/mol. The van der Waals surface area contributed by atoms with E-state index >= 15 is 0 Å². The summed E-state index contributed by atoms with van der Waals surface area (Å²) in [5.74, 6) is 0.461. The van der Waals surface area contributed by atoms with Gasteiger partial charge in [-0.3, -0.25) is 4.79 Å². The van der Waals surface area contributed by atoms with Crippen LogP contribution in [-0.4, -0.2) is 18.7 Å². The first-order chi connectivity index (χ1) is 17.9. The molecule has 0 spiro atoms. The lowest BCUT2D eigenvalue weighted by molar-refractivity contribution is 0.0929. The van der Waals surface area contributed by atoms with Crippen LogP contribution in [0.1, 0.15) is 34.2 Å². The highest BCUT2D eigenvalue weighted by molar-refractivity contribution is 9.11. The largest absolute Gasteiger partial charge is 0.490 e. The number of ether oxygens (including phenoxy) is 2. The van der Waals surface area contributed by atoms with Crippen molar-refractivity contribution in [3.8, 4) is 11.5 Å². The number of carbonyl (C=O) groups excluding carboxylic acids is 1. The molecule has 9 heteroatoms. The summed E-state index contributed by atoms with van der Waals surface area (Å²) in [4.78, 5) is 12.6. The molecule has 190 valence electrons. The summed E-state index contributed by atoms with van der Waals surface area (Å²) in [5.41, 5.74) is 5.43. The molecule has 1 aromatic heterocycles. The van der Waals surface area contributed by atoms with Crippen LogP contribution in [0.25, 0.3) is 11.0 Å². The molecule has 0 aliphatic rings. The van der Waals surface area contributed by atoms with Crippen molar-refractivity contribution in [2.75, 3.05) is 6.61 Å². The number of carbonyl (C=O) groups is 1. The van der Waals surface area contributed by atoms with Crippen molar-refractivity contribution in [2.24, 2.45) is 5.10 Å². The zero-order valence-electron chi connectivity index (χ0n) is 19.9. The van der Waals surface area contributed by atoms with E-state index in [2.05, 4.69) is 49.0 Å². The van der Waals surface area contributed by atoms with E-state index in [0.717, 1.165) is 25.5 Å². The number of benzene rings is 3. The highest BCUT2D eigenvalue weighted by Crippen LogP contribution is 2.34. The van der Waals surface area contributed by atoms with Gasteiger partial charge in [0.2, 0.25) is 0 Å². The minimum atomic E-state index is -0.480. The fourth-order valence-corrected chi connectivity index (χ4v) is 4.98. The summed E-state index contributed by atoms with van der Waals surface area (Å²) in [7, 11) is 0. The maximum Gasteiger partial charge on any atom is 0.307 e. The molecule has 0 saturated heterocycles. The van der Waals surface area contributed by atoms with Crippen molar-refractivity contribution in [1.82, 2.24) is 5.43 Å². The summed E-state index contributed by atoms with van der Waals surface area (Å²) >= 11 is 6.86. The summed E-state index contributed by atoms with van der Waals surface area (Å²) < 4.78 is 32.4. The van der Waals surface area contributed by atoms with Crippen molar-refractivity contribution < 1.29 is 23.1 Å². The molecule has 0 unspecified atom stereocenters.